The molecule has 0 spiro atoms. The zero-order valence-corrected chi connectivity index (χ0v) is 13.9. The maximum absolute atomic E-state index is 12.9. The molecule has 24 heavy (non-hydrogen) atoms. The van der Waals surface area contributed by atoms with E-state index in [4.69, 9.17) is 0 Å². The van der Waals surface area contributed by atoms with Crippen molar-refractivity contribution in [3.8, 4) is 0 Å². The molecule has 0 bridgehead atoms. The number of anilines is 1. The summed E-state index contributed by atoms with van der Waals surface area (Å²) in [6, 6.07) is 6.94. The van der Waals surface area contributed by atoms with Crippen LogP contribution in [0.3, 0.4) is 0 Å². The number of benzene rings is 1. The lowest BCUT2D eigenvalue weighted by molar-refractivity contribution is 0.141. The summed E-state index contributed by atoms with van der Waals surface area (Å²) >= 11 is 0. The van der Waals surface area contributed by atoms with Crippen molar-refractivity contribution >= 4 is 26.7 Å². The molecule has 6 nitrogen and oxygen atoms in total. The van der Waals surface area contributed by atoms with Crippen molar-refractivity contribution < 1.29 is 17.2 Å². The average Bonchev–Trinajstić information content (AvgIpc) is 2.52. The number of halogens is 2. The average molecular weight is 356 g/mol. The van der Waals surface area contributed by atoms with Crippen LogP contribution in [0.25, 0.3) is 10.9 Å². The fourth-order valence-corrected chi connectivity index (χ4v) is 3.87. The smallest absolute Gasteiger partial charge is 0.297 e. The van der Waals surface area contributed by atoms with E-state index in [1.165, 1.54) is 4.31 Å². The van der Waals surface area contributed by atoms with Crippen molar-refractivity contribution in [2.24, 2.45) is 5.92 Å². The number of aromatic nitrogens is 2. The van der Waals surface area contributed by atoms with Crippen LogP contribution in [-0.2, 0) is 10.0 Å². The van der Waals surface area contributed by atoms with Crippen molar-refractivity contribution in [3.05, 3.63) is 30.1 Å². The fourth-order valence-electron chi connectivity index (χ4n) is 2.63. The summed E-state index contributed by atoms with van der Waals surface area (Å²) < 4.78 is 50.7. The first kappa shape index (κ1) is 17.0. The summed E-state index contributed by atoms with van der Waals surface area (Å²) in [5, 5.41) is 3.73. The number of nitrogens with one attached hydrogen (secondary N) is 1. The van der Waals surface area contributed by atoms with Crippen molar-refractivity contribution in [2.45, 2.75) is 13.3 Å². The first-order valence-electron chi connectivity index (χ1n) is 7.67. The van der Waals surface area contributed by atoms with Gasteiger partial charge in [-0.05, 0) is 19.1 Å². The zero-order valence-electron chi connectivity index (χ0n) is 13.1. The van der Waals surface area contributed by atoms with Crippen LogP contribution in [0.15, 0.2) is 24.3 Å². The van der Waals surface area contributed by atoms with Crippen LogP contribution in [0.4, 0.5) is 14.6 Å². The van der Waals surface area contributed by atoms with Gasteiger partial charge in [0.25, 0.3) is 6.43 Å². The molecule has 0 unspecified atom stereocenters. The van der Waals surface area contributed by atoms with Crippen LogP contribution < -0.4 is 5.32 Å². The Labute approximate surface area is 139 Å². The monoisotopic (exact) mass is 356 g/mol. The topological polar surface area (TPSA) is 75.2 Å². The predicted octanol–water partition coefficient (Wildman–Crippen LogP) is 2.26. The third-order valence-electron chi connectivity index (χ3n) is 4.06. The second kappa shape index (κ2) is 6.56. The van der Waals surface area contributed by atoms with Gasteiger partial charge in [0.05, 0.1) is 11.3 Å². The molecule has 0 saturated carbocycles. The molecule has 1 aliphatic rings. The molecule has 0 radical (unpaired) electrons. The second-order valence-corrected chi connectivity index (χ2v) is 7.97. The molecule has 9 heteroatoms. The summed E-state index contributed by atoms with van der Waals surface area (Å²) in [5.41, 5.74) is 0.453. The van der Waals surface area contributed by atoms with E-state index >= 15 is 0 Å². The van der Waals surface area contributed by atoms with Crippen molar-refractivity contribution in [1.82, 2.24) is 14.3 Å². The minimum Gasteiger partial charge on any atom is -0.369 e. The van der Waals surface area contributed by atoms with E-state index in [1.807, 2.05) is 0 Å². The highest BCUT2D eigenvalue weighted by Crippen LogP contribution is 2.26. The number of hydrogen-bond acceptors (Lipinski definition) is 5. The minimum atomic E-state index is -3.15. The van der Waals surface area contributed by atoms with Gasteiger partial charge in [0.15, 0.2) is 5.82 Å². The lowest BCUT2D eigenvalue weighted by atomic mass is 10.0. The van der Waals surface area contributed by atoms with Gasteiger partial charge in [0, 0.05) is 30.9 Å². The molecule has 0 aliphatic carbocycles. The molecule has 1 aromatic heterocycles. The van der Waals surface area contributed by atoms with Crippen molar-refractivity contribution in [3.63, 3.8) is 0 Å². The maximum Gasteiger partial charge on any atom is 0.297 e. The molecule has 1 fully saturated rings. The number of fused-ring (bicyclic) bond motifs is 1. The number of para-hydroxylation sites is 1. The molecule has 1 aliphatic heterocycles. The van der Waals surface area contributed by atoms with Gasteiger partial charge < -0.3 is 5.32 Å². The van der Waals surface area contributed by atoms with Crippen LogP contribution in [0.5, 0.6) is 0 Å². The lowest BCUT2D eigenvalue weighted by Gasteiger charge is -2.38. The Morgan fingerprint density at radius 3 is 2.67 bits per heavy atom. The molecule has 3 rings (SSSR count). The van der Waals surface area contributed by atoms with Gasteiger partial charge in [-0.3, -0.25) is 0 Å². The molecule has 1 aromatic carbocycles. The van der Waals surface area contributed by atoms with Gasteiger partial charge in [-0.15, -0.1) is 0 Å². The van der Waals surface area contributed by atoms with Gasteiger partial charge in [0.2, 0.25) is 10.0 Å². The molecule has 2 aromatic rings. The summed E-state index contributed by atoms with van der Waals surface area (Å²) in [6.07, 6.45) is -2.75. The molecule has 130 valence electrons. The largest absolute Gasteiger partial charge is 0.369 e. The van der Waals surface area contributed by atoms with E-state index in [0.29, 0.717) is 36.4 Å². The van der Waals surface area contributed by atoms with Crippen LogP contribution in [0.1, 0.15) is 19.2 Å². The number of sulfonamides is 1. The van der Waals surface area contributed by atoms with Gasteiger partial charge in [-0.25, -0.2) is 31.5 Å². The highest BCUT2D eigenvalue weighted by molar-refractivity contribution is 7.89. The van der Waals surface area contributed by atoms with Crippen LogP contribution in [-0.4, -0.2) is 48.1 Å². The van der Waals surface area contributed by atoms with Gasteiger partial charge in [0.1, 0.15) is 5.82 Å². The Morgan fingerprint density at radius 2 is 2.00 bits per heavy atom. The van der Waals surface area contributed by atoms with E-state index in [2.05, 4.69) is 15.3 Å². The summed E-state index contributed by atoms with van der Waals surface area (Å²) in [6.45, 7) is 2.96. The molecule has 1 saturated heterocycles. The number of nitrogens with zero attached hydrogens (tertiary/aromatic N) is 3. The van der Waals surface area contributed by atoms with Crippen LogP contribution in [0.2, 0.25) is 0 Å². The quantitative estimate of drug-likeness (QED) is 0.859. The normalized spacial score (nSPS) is 16.5. The van der Waals surface area contributed by atoms with Crippen LogP contribution >= 0.6 is 0 Å². The fraction of sp³-hybridized carbons (Fsp3) is 0.467. The minimum absolute atomic E-state index is 0.0848. The number of hydrogen-bond donors (Lipinski definition) is 1. The third-order valence-corrected chi connectivity index (χ3v) is 5.87. The van der Waals surface area contributed by atoms with E-state index in [0.717, 1.165) is 0 Å². The third kappa shape index (κ3) is 3.32. The Bertz CT molecular complexity index is 838. The van der Waals surface area contributed by atoms with Gasteiger partial charge in [-0.1, -0.05) is 12.1 Å². The first-order valence-corrected chi connectivity index (χ1v) is 9.28. The molecular weight excluding hydrogens is 338 g/mol. The van der Waals surface area contributed by atoms with E-state index < -0.39 is 22.3 Å². The standard InChI is InChI=1S/C15H18F2N4O2S/c1-2-24(22,23)21-8-10(9-21)7-18-14-11-5-3-4-6-12(11)19-15(20-14)13(16)17/h3-6,10,13H,2,7-9H2,1H3,(H,18,19,20). The summed E-state index contributed by atoms with van der Waals surface area (Å²) in [4.78, 5) is 7.77. The molecule has 2 heterocycles. The summed E-state index contributed by atoms with van der Waals surface area (Å²) in [7, 11) is -3.15. The van der Waals surface area contributed by atoms with E-state index in [-0.39, 0.29) is 11.7 Å². The second-order valence-electron chi connectivity index (χ2n) is 5.71. The highest BCUT2D eigenvalue weighted by Gasteiger charge is 2.34. The Kier molecular flexibility index (Phi) is 4.64. The van der Waals surface area contributed by atoms with Crippen molar-refractivity contribution in [1.29, 1.82) is 0 Å². The Hall–Kier alpha value is -1.87. The predicted molar refractivity (Wildman–Crippen MR) is 87.5 cm³/mol. The molecule has 0 atom stereocenters. The van der Waals surface area contributed by atoms with Crippen LogP contribution in [0, 0.1) is 5.92 Å². The first-order chi connectivity index (χ1) is 11.4. The van der Waals surface area contributed by atoms with Gasteiger partial charge in [-0.2, -0.15) is 0 Å². The highest BCUT2D eigenvalue weighted by atomic mass is 32.2. The SMILES string of the molecule is CCS(=O)(=O)N1CC(CNc2nc(C(F)F)nc3ccccc23)C1. The van der Waals surface area contributed by atoms with Crippen molar-refractivity contribution in [2.75, 3.05) is 30.7 Å². The molecule has 1 N–H and O–H groups in total. The van der Waals surface area contributed by atoms with Gasteiger partial charge >= 0.3 is 0 Å². The zero-order chi connectivity index (χ0) is 17.3. The molecule has 0 amide bonds. The lowest BCUT2D eigenvalue weighted by Crippen LogP contribution is -2.52. The van der Waals surface area contributed by atoms with E-state index in [1.54, 1.807) is 31.2 Å². The molecular formula is C15H18F2N4O2S. The van der Waals surface area contributed by atoms with E-state index in [9.17, 15) is 17.2 Å². The number of rotatable bonds is 6. The maximum atomic E-state index is 12.9. The number of alkyl halides is 2. The summed E-state index contributed by atoms with van der Waals surface area (Å²) in [5.74, 6) is 0.0595. The Morgan fingerprint density at radius 1 is 1.29 bits per heavy atom. The Balaban J connectivity index is 1.72.